The first-order valence-electron chi connectivity index (χ1n) is 8.04. The molecule has 0 bridgehead atoms. The van der Waals surface area contributed by atoms with Crippen molar-refractivity contribution in [3.8, 4) is 17.2 Å². The van der Waals surface area contributed by atoms with Crippen molar-refractivity contribution in [2.75, 3.05) is 5.32 Å². The molecule has 4 rings (SSSR count). The minimum atomic E-state index is -0.126. The predicted octanol–water partition coefficient (Wildman–Crippen LogP) is 3.01. The Hall–Kier alpha value is -2.98. The summed E-state index contributed by atoms with van der Waals surface area (Å²) in [7, 11) is 0. The van der Waals surface area contributed by atoms with Crippen LogP contribution in [0.3, 0.4) is 0 Å². The highest BCUT2D eigenvalue weighted by molar-refractivity contribution is 7.17. The van der Waals surface area contributed by atoms with Gasteiger partial charge in [-0.25, -0.2) is 0 Å². The Labute approximate surface area is 148 Å². The molecule has 1 aromatic carbocycles. The first-order chi connectivity index (χ1) is 12.3. The third-order valence-electron chi connectivity index (χ3n) is 4.29. The lowest BCUT2D eigenvalue weighted by Gasteiger charge is -2.16. The average molecular weight is 349 g/mol. The van der Waals surface area contributed by atoms with Gasteiger partial charge in [0.05, 0.1) is 18.3 Å². The van der Waals surface area contributed by atoms with E-state index in [1.165, 1.54) is 21.8 Å². The van der Waals surface area contributed by atoms with Crippen LogP contribution in [0.4, 0.5) is 5.00 Å². The number of hydrogen-bond acceptors (Lipinski definition) is 5. The molecule has 2 aromatic heterocycles. The number of hydrogen-bond donors (Lipinski definition) is 1. The fourth-order valence-electron chi connectivity index (χ4n) is 3.12. The Morgan fingerprint density at radius 1 is 1.36 bits per heavy atom. The van der Waals surface area contributed by atoms with Crippen LogP contribution >= 0.6 is 11.3 Å². The van der Waals surface area contributed by atoms with Crippen molar-refractivity contribution in [3.63, 3.8) is 0 Å². The van der Waals surface area contributed by atoms with E-state index in [9.17, 15) is 10.1 Å². The van der Waals surface area contributed by atoms with Crippen LogP contribution in [0.15, 0.2) is 36.7 Å². The number of carbonyl (C=O) groups excluding carboxylic acids is 1. The number of benzene rings is 1. The fourth-order valence-corrected chi connectivity index (χ4v) is 4.30. The zero-order valence-electron chi connectivity index (χ0n) is 13.4. The molecule has 1 N–H and O–H groups in total. The molecular weight excluding hydrogens is 334 g/mol. The predicted molar refractivity (Wildman–Crippen MR) is 95.1 cm³/mol. The summed E-state index contributed by atoms with van der Waals surface area (Å²) >= 11 is 1.51. The lowest BCUT2D eigenvalue weighted by atomic mass is 9.88. The molecule has 1 aliphatic carbocycles. The van der Waals surface area contributed by atoms with Gasteiger partial charge in [0, 0.05) is 23.1 Å². The third kappa shape index (κ3) is 2.92. The molecule has 124 valence electrons. The Morgan fingerprint density at radius 3 is 3.04 bits per heavy atom. The van der Waals surface area contributed by atoms with Crippen molar-refractivity contribution in [1.82, 2.24) is 15.0 Å². The van der Waals surface area contributed by atoms with E-state index in [0.717, 1.165) is 24.0 Å². The van der Waals surface area contributed by atoms with Crippen molar-refractivity contribution in [2.24, 2.45) is 0 Å². The van der Waals surface area contributed by atoms with Gasteiger partial charge in [0.25, 0.3) is 0 Å². The average Bonchev–Trinajstić information content (AvgIpc) is 3.27. The molecule has 0 radical (unpaired) electrons. The highest BCUT2D eigenvalue weighted by atomic mass is 32.1. The van der Waals surface area contributed by atoms with E-state index < -0.39 is 0 Å². The van der Waals surface area contributed by atoms with E-state index in [2.05, 4.69) is 33.8 Å². The van der Waals surface area contributed by atoms with Gasteiger partial charge in [-0.05, 0) is 24.0 Å². The molecule has 0 fully saturated rings. The van der Waals surface area contributed by atoms with Gasteiger partial charge >= 0.3 is 0 Å². The van der Waals surface area contributed by atoms with Crippen molar-refractivity contribution in [2.45, 2.75) is 25.8 Å². The SMILES string of the molecule is N#Cc1c(NC(=O)CCn2ccnn2)sc2c1-c1ccccc1CC2. The second-order valence-electron chi connectivity index (χ2n) is 5.84. The van der Waals surface area contributed by atoms with Crippen LogP contribution in [0.25, 0.3) is 11.1 Å². The summed E-state index contributed by atoms with van der Waals surface area (Å²) in [6.07, 6.45) is 5.45. The second kappa shape index (κ2) is 6.49. The molecule has 25 heavy (non-hydrogen) atoms. The second-order valence-corrected chi connectivity index (χ2v) is 6.94. The van der Waals surface area contributed by atoms with Crippen molar-refractivity contribution < 1.29 is 4.79 Å². The number of carbonyl (C=O) groups is 1. The van der Waals surface area contributed by atoms with E-state index >= 15 is 0 Å². The largest absolute Gasteiger partial charge is 0.317 e. The summed E-state index contributed by atoms with van der Waals surface area (Å²) < 4.78 is 1.61. The van der Waals surface area contributed by atoms with Crippen molar-refractivity contribution >= 4 is 22.2 Å². The summed E-state index contributed by atoms with van der Waals surface area (Å²) in [4.78, 5) is 13.4. The zero-order chi connectivity index (χ0) is 17.2. The van der Waals surface area contributed by atoms with Gasteiger partial charge in [-0.1, -0.05) is 29.5 Å². The molecule has 1 aliphatic rings. The van der Waals surface area contributed by atoms with E-state index in [1.807, 2.05) is 12.1 Å². The molecule has 1 amide bonds. The molecule has 3 aromatic rings. The number of nitriles is 1. The van der Waals surface area contributed by atoms with Gasteiger partial charge in [-0.2, -0.15) is 5.26 Å². The molecule has 2 heterocycles. The maximum Gasteiger partial charge on any atom is 0.226 e. The van der Waals surface area contributed by atoms with E-state index in [1.54, 1.807) is 17.1 Å². The van der Waals surface area contributed by atoms with Gasteiger partial charge in [-0.15, -0.1) is 16.4 Å². The summed E-state index contributed by atoms with van der Waals surface area (Å²) in [5.74, 6) is -0.126. The first-order valence-corrected chi connectivity index (χ1v) is 8.86. The van der Waals surface area contributed by atoms with E-state index in [-0.39, 0.29) is 12.3 Å². The Balaban J connectivity index is 1.59. The monoisotopic (exact) mass is 349 g/mol. The number of amides is 1. The standard InChI is InChI=1S/C18H15N5OS/c19-11-14-17-13-4-2-1-3-12(13)5-6-15(17)25-18(14)21-16(24)7-9-23-10-8-20-22-23/h1-4,8,10H,5-7,9H2,(H,21,24). The van der Waals surface area contributed by atoms with Crippen LogP contribution in [0, 0.1) is 11.3 Å². The maximum atomic E-state index is 12.3. The molecular formula is C18H15N5OS. The molecule has 0 saturated heterocycles. The Bertz CT molecular complexity index is 968. The normalized spacial score (nSPS) is 12.1. The summed E-state index contributed by atoms with van der Waals surface area (Å²) in [5.41, 5.74) is 3.93. The number of nitrogens with zero attached hydrogens (tertiary/aromatic N) is 4. The number of fused-ring (bicyclic) bond motifs is 3. The van der Waals surface area contributed by atoms with Crippen LogP contribution in [0.1, 0.15) is 22.4 Å². The molecule has 0 aliphatic heterocycles. The van der Waals surface area contributed by atoms with Crippen LogP contribution in [0.5, 0.6) is 0 Å². The number of nitrogens with one attached hydrogen (secondary N) is 1. The lowest BCUT2D eigenvalue weighted by Crippen LogP contribution is -2.14. The van der Waals surface area contributed by atoms with Gasteiger partial charge in [0.1, 0.15) is 11.1 Å². The summed E-state index contributed by atoms with van der Waals surface area (Å²) in [6, 6.07) is 10.5. The maximum absolute atomic E-state index is 12.3. The number of aromatic nitrogens is 3. The molecule has 6 nitrogen and oxygen atoms in total. The Morgan fingerprint density at radius 2 is 2.24 bits per heavy atom. The minimum absolute atomic E-state index is 0.126. The van der Waals surface area contributed by atoms with Crippen LogP contribution < -0.4 is 5.32 Å². The van der Waals surface area contributed by atoms with E-state index in [4.69, 9.17) is 0 Å². The van der Waals surface area contributed by atoms with Gasteiger partial charge in [-0.3, -0.25) is 9.48 Å². The summed E-state index contributed by atoms with van der Waals surface area (Å²) in [5, 5.41) is 20.8. The number of anilines is 1. The highest BCUT2D eigenvalue weighted by Crippen LogP contribution is 2.44. The van der Waals surface area contributed by atoms with Gasteiger partial charge in [0.15, 0.2) is 0 Å². The zero-order valence-corrected chi connectivity index (χ0v) is 14.2. The van der Waals surface area contributed by atoms with E-state index in [0.29, 0.717) is 17.1 Å². The highest BCUT2D eigenvalue weighted by Gasteiger charge is 2.25. The third-order valence-corrected chi connectivity index (χ3v) is 5.46. The molecule has 0 spiro atoms. The fraction of sp³-hybridized carbons (Fsp3) is 0.222. The number of thiophene rings is 1. The van der Waals surface area contributed by atoms with Crippen LogP contribution in [-0.4, -0.2) is 20.9 Å². The molecule has 0 saturated carbocycles. The molecule has 0 unspecified atom stereocenters. The quantitative estimate of drug-likeness (QED) is 0.785. The van der Waals surface area contributed by atoms with Crippen LogP contribution in [0.2, 0.25) is 0 Å². The minimum Gasteiger partial charge on any atom is -0.317 e. The lowest BCUT2D eigenvalue weighted by molar-refractivity contribution is -0.116. The smallest absolute Gasteiger partial charge is 0.226 e. The summed E-state index contributed by atoms with van der Waals surface area (Å²) in [6.45, 7) is 0.460. The topological polar surface area (TPSA) is 83.6 Å². The van der Waals surface area contributed by atoms with Gasteiger partial charge < -0.3 is 5.32 Å². The molecule has 0 atom stereocenters. The van der Waals surface area contributed by atoms with Gasteiger partial charge in [0.2, 0.25) is 5.91 Å². The Kier molecular flexibility index (Phi) is 4.04. The molecule has 7 heteroatoms. The number of rotatable bonds is 4. The van der Waals surface area contributed by atoms with Crippen molar-refractivity contribution in [1.29, 1.82) is 5.26 Å². The van der Waals surface area contributed by atoms with Crippen LogP contribution in [-0.2, 0) is 24.2 Å². The van der Waals surface area contributed by atoms with Crippen molar-refractivity contribution in [3.05, 3.63) is 52.7 Å². The first kappa shape index (κ1) is 15.5. The number of aryl methyl sites for hydroxylation is 3.